The van der Waals surface area contributed by atoms with E-state index in [-0.39, 0.29) is 0 Å². The molecule has 16 heavy (non-hydrogen) atoms. The van der Waals surface area contributed by atoms with Crippen molar-refractivity contribution in [3.8, 4) is 11.3 Å². The molecule has 0 saturated carbocycles. The van der Waals surface area contributed by atoms with Crippen molar-refractivity contribution in [3.05, 3.63) is 42.0 Å². The van der Waals surface area contributed by atoms with Gasteiger partial charge in [0.1, 0.15) is 0 Å². The maximum atomic E-state index is 5.66. The third-order valence-corrected chi connectivity index (χ3v) is 3.15. The second-order valence-electron chi connectivity index (χ2n) is 3.47. The van der Waals surface area contributed by atoms with Crippen molar-refractivity contribution in [2.24, 2.45) is 0 Å². The van der Waals surface area contributed by atoms with Crippen LogP contribution in [0.5, 0.6) is 0 Å². The van der Waals surface area contributed by atoms with Crippen LogP contribution in [0.3, 0.4) is 0 Å². The van der Waals surface area contributed by atoms with Gasteiger partial charge in [0.15, 0.2) is 5.13 Å². The van der Waals surface area contributed by atoms with Crippen molar-refractivity contribution < 1.29 is 0 Å². The first-order chi connectivity index (χ1) is 7.84. The molecule has 0 radical (unpaired) electrons. The second-order valence-corrected chi connectivity index (χ2v) is 4.36. The molecule has 78 valence electrons. The fraction of sp³-hybridized carbons (Fsp3) is 0. The summed E-state index contributed by atoms with van der Waals surface area (Å²) in [5.74, 6) is 0. The monoisotopic (exact) mass is 227 g/mol. The molecule has 4 heteroatoms. The standard InChI is InChI=1S/C12H9N3S/c13-12-15-11(7-16-12)10-3-1-2-8-6-14-5-4-9(8)10/h1-7H,(H2,13,15). The molecule has 0 aliphatic carbocycles. The molecule has 1 aromatic carbocycles. The van der Waals surface area contributed by atoms with E-state index < -0.39 is 0 Å². The highest BCUT2D eigenvalue weighted by atomic mass is 32.1. The molecule has 0 fully saturated rings. The number of nitrogens with two attached hydrogens (primary N) is 1. The Morgan fingerprint density at radius 3 is 2.94 bits per heavy atom. The third kappa shape index (κ3) is 1.44. The predicted molar refractivity (Wildman–Crippen MR) is 67.3 cm³/mol. The van der Waals surface area contributed by atoms with Crippen molar-refractivity contribution in [2.75, 3.05) is 5.73 Å². The van der Waals surface area contributed by atoms with Gasteiger partial charge in [0.2, 0.25) is 0 Å². The van der Waals surface area contributed by atoms with Crippen LogP contribution in [0.4, 0.5) is 5.13 Å². The lowest BCUT2D eigenvalue weighted by Crippen LogP contribution is -1.84. The number of aromatic nitrogens is 2. The quantitative estimate of drug-likeness (QED) is 0.695. The van der Waals surface area contributed by atoms with Gasteiger partial charge in [0.25, 0.3) is 0 Å². The summed E-state index contributed by atoms with van der Waals surface area (Å²) in [5.41, 5.74) is 7.69. The van der Waals surface area contributed by atoms with E-state index in [2.05, 4.69) is 16.0 Å². The van der Waals surface area contributed by atoms with E-state index in [4.69, 9.17) is 5.73 Å². The highest BCUT2D eigenvalue weighted by molar-refractivity contribution is 7.13. The number of pyridine rings is 1. The average Bonchev–Trinajstić information content (AvgIpc) is 2.75. The van der Waals surface area contributed by atoms with Crippen molar-refractivity contribution in [1.82, 2.24) is 9.97 Å². The molecule has 3 rings (SSSR count). The van der Waals surface area contributed by atoms with Crippen molar-refractivity contribution in [2.45, 2.75) is 0 Å². The summed E-state index contributed by atoms with van der Waals surface area (Å²) < 4.78 is 0. The molecule has 3 aromatic rings. The van der Waals surface area contributed by atoms with Gasteiger partial charge in [-0.15, -0.1) is 11.3 Å². The van der Waals surface area contributed by atoms with Gasteiger partial charge >= 0.3 is 0 Å². The SMILES string of the molecule is Nc1nc(-c2cccc3cnccc23)cs1. The first kappa shape index (κ1) is 9.30. The molecule has 0 bridgehead atoms. The average molecular weight is 227 g/mol. The number of thiazole rings is 1. The third-order valence-electron chi connectivity index (χ3n) is 2.48. The molecular formula is C12H9N3S. The van der Waals surface area contributed by atoms with Crippen LogP contribution in [0.2, 0.25) is 0 Å². The van der Waals surface area contributed by atoms with Crippen molar-refractivity contribution >= 4 is 27.2 Å². The zero-order valence-electron chi connectivity index (χ0n) is 8.42. The van der Waals surface area contributed by atoms with Crippen LogP contribution < -0.4 is 5.73 Å². The van der Waals surface area contributed by atoms with Gasteiger partial charge in [-0.1, -0.05) is 18.2 Å². The zero-order valence-corrected chi connectivity index (χ0v) is 9.24. The van der Waals surface area contributed by atoms with E-state index in [1.165, 1.54) is 11.3 Å². The topological polar surface area (TPSA) is 51.8 Å². The van der Waals surface area contributed by atoms with E-state index in [9.17, 15) is 0 Å². The lowest BCUT2D eigenvalue weighted by atomic mass is 10.1. The molecule has 2 N–H and O–H groups in total. The Hall–Kier alpha value is -1.94. The van der Waals surface area contributed by atoms with Crippen LogP contribution in [0.25, 0.3) is 22.0 Å². The maximum Gasteiger partial charge on any atom is 0.180 e. The van der Waals surface area contributed by atoms with Gasteiger partial charge in [-0.2, -0.15) is 0 Å². The molecule has 0 unspecified atom stereocenters. The molecule has 0 amide bonds. The fourth-order valence-electron chi connectivity index (χ4n) is 1.76. The number of nitrogens with zero attached hydrogens (tertiary/aromatic N) is 2. The van der Waals surface area contributed by atoms with Crippen LogP contribution in [0.15, 0.2) is 42.0 Å². The lowest BCUT2D eigenvalue weighted by Gasteiger charge is -2.02. The summed E-state index contributed by atoms with van der Waals surface area (Å²) >= 11 is 1.46. The maximum absolute atomic E-state index is 5.66. The van der Waals surface area contributed by atoms with Crippen LogP contribution in [-0.4, -0.2) is 9.97 Å². The summed E-state index contributed by atoms with van der Waals surface area (Å²) in [5, 5.41) is 4.85. The Morgan fingerprint density at radius 2 is 2.12 bits per heavy atom. The molecular weight excluding hydrogens is 218 g/mol. The number of hydrogen-bond donors (Lipinski definition) is 1. The minimum Gasteiger partial charge on any atom is -0.375 e. The Bertz CT molecular complexity index is 640. The van der Waals surface area contributed by atoms with E-state index in [1.807, 2.05) is 29.8 Å². The molecule has 0 atom stereocenters. The van der Waals surface area contributed by atoms with Gasteiger partial charge in [-0.25, -0.2) is 4.98 Å². The Labute approximate surface area is 96.6 Å². The van der Waals surface area contributed by atoms with Crippen molar-refractivity contribution in [3.63, 3.8) is 0 Å². The fourth-order valence-corrected chi connectivity index (χ4v) is 2.32. The minimum atomic E-state index is 0.598. The number of benzene rings is 1. The van der Waals surface area contributed by atoms with E-state index in [1.54, 1.807) is 6.20 Å². The Balaban J connectivity index is 2.31. The Kier molecular flexibility index (Phi) is 2.08. The normalized spacial score (nSPS) is 10.8. The Morgan fingerprint density at radius 1 is 1.19 bits per heavy atom. The summed E-state index contributed by atoms with van der Waals surface area (Å²) in [6.07, 6.45) is 3.65. The number of anilines is 1. The van der Waals surface area contributed by atoms with Crippen molar-refractivity contribution in [1.29, 1.82) is 0 Å². The summed E-state index contributed by atoms with van der Waals surface area (Å²) in [6, 6.07) is 8.10. The summed E-state index contributed by atoms with van der Waals surface area (Å²) in [7, 11) is 0. The van der Waals surface area contributed by atoms with E-state index in [0.29, 0.717) is 5.13 Å². The highest BCUT2D eigenvalue weighted by Gasteiger charge is 2.06. The van der Waals surface area contributed by atoms with Crippen LogP contribution in [0.1, 0.15) is 0 Å². The van der Waals surface area contributed by atoms with Gasteiger partial charge in [0, 0.05) is 28.7 Å². The van der Waals surface area contributed by atoms with Crippen LogP contribution in [0, 0.1) is 0 Å². The van der Waals surface area contributed by atoms with Gasteiger partial charge < -0.3 is 5.73 Å². The zero-order chi connectivity index (χ0) is 11.0. The largest absolute Gasteiger partial charge is 0.375 e. The number of fused-ring (bicyclic) bond motifs is 1. The van der Waals surface area contributed by atoms with E-state index in [0.717, 1.165) is 22.0 Å². The number of nitrogen functional groups attached to an aromatic ring is 1. The van der Waals surface area contributed by atoms with Gasteiger partial charge in [-0.05, 0) is 11.5 Å². The molecule has 2 aromatic heterocycles. The number of rotatable bonds is 1. The first-order valence-electron chi connectivity index (χ1n) is 4.89. The highest BCUT2D eigenvalue weighted by Crippen LogP contribution is 2.29. The smallest absolute Gasteiger partial charge is 0.180 e. The molecule has 0 aliphatic rings. The first-order valence-corrected chi connectivity index (χ1v) is 5.77. The minimum absolute atomic E-state index is 0.598. The van der Waals surface area contributed by atoms with Gasteiger partial charge in [0.05, 0.1) is 5.69 Å². The van der Waals surface area contributed by atoms with Crippen LogP contribution in [-0.2, 0) is 0 Å². The molecule has 0 spiro atoms. The second kappa shape index (κ2) is 3.57. The van der Waals surface area contributed by atoms with E-state index >= 15 is 0 Å². The molecule has 0 aliphatic heterocycles. The number of hydrogen-bond acceptors (Lipinski definition) is 4. The van der Waals surface area contributed by atoms with Crippen LogP contribution >= 0.6 is 11.3 Å². The predicted octanol–water partition coefficient (Wildman–Crippen LogP) is 2.94. The molecule has 2 heterocycles. The summed E-state index contributed by atoms with van der Waals surface area (Å²) in [4.78, 5) is 8.42. The van der Waals surface area contributed by atoms with Gasteiger partial charge in [-0.3, -0.25) is 4.98 Å². The summed E-state index contributed by atoms with van der Waals surface area (Å²) in [6.45, 7) is 0. The molecule has 3 nitrogen and oxygen atoms in total. The molecule has 0 saturated heterocycles. The lowest BCUT2D eigenvalue weighted by molar-refractivity contribution is 1.36.